The summed E-state index contributed by atoms with van der Waals surface area (Å²) in [5.74, 6) is 1.58. The molecule has 3 rings (SSSR count). The smallest absolute Gasteiger partial charge is 0.191 e. The highest BCUT2D eigenvalue weighted by Crippen LogP contribution is 2.16. The Kier molecular flexibility index (Phi) is 7.69. The third kappa shape index (κ3) is 6.07. The summed E-state index contributed by atoms with van der Waals surface area (Å²) in [7, 11) is 1.99. The average molecular weight is 397 g/mol. The fourth-order valence-corrected chi connectivity index (χ4v) is 4.00. The lowest BCUT2D eigenvalue weighted by atomic mass is 10.1. The number of rotatable bonds is 8. The van der Waals surface area contributed by atoms with Gasteiger partial charge in [-0.15, -0.1) is 0 Å². The Bertz CT molecular complexity index is 795. The Balaban J connectivity index is 1.46. The molecule has 1 fully saturated rings. The van der Waals surface area contributed by atoms with Crippen molar-refractivity contribution in [3.05, 3.63) is 52.8 Å². The van der Waals surface area contributed by atoms with Gasteiger partial charge < -0.3 is 15.5 Å². The van der Waals surface area contributed by atoms with Crippen molar-refractivity contribution in [2.24, 2.45) is 18.0 Å². The number of nitrogens with one attached hydrogen (secondary N) is 2. The molecule has 6 nitrogen and oxygen atoms in total. The highest BCUT2D eigenvalue weighted by molar-refractivity contribution is 5.79. The first-order valence-corrected chi connectivity index (χ1v) is 10.8. The van der Waals surface area contributed by atoms with Crippen molar-refractivity contribution >= 4 is 5.96 Å². The normalized spacial score (nSPS) is 17.7. The number of hydrogen-bond acceptors (Lipinski definition) is 3. The molecule has 0 saturated carbocycles. The van der Waals surface area contributed by atoms with Crippen LogP contribution >= 0.6 is 0 Å². The largest absolute Gasteiger partial charge is 0.357 e. The van der Waals surface area contributed by atoms with E-state index in [4.69, 9.17) is 4.99 Å². The molecule has 2 heterocycles. The second kappa shape index (κ2) is 10.4. The number of likely N-dealkylation sites (tertiary alicyclic amines) is 1. The lowest BCUT2D eigenvalue weighted by Gasteiger charge is -2.17. The molecule has 158 valence electrons. The first kappa shape index (κ1) is 21.4. The molecule has 0 aliphatic carbocycles. The van der Waals surface area contributed by atoms with Crippen LogP contribution in [0.15, 0.2) is 35.3 Å². The van der Waals surface area contributed by atoms with Gasteiger partial charge in [0.1, 0.15) is 0 Å². The minimum atomic E-state index is 0.661. The summed E-state index contributed by atoms with van der Waals surface area (Å²) >= 11 is 0. The van der Waals surface area contributed by atoms with E-state index >= 15 is 0 Å². The summed E-state index contributed by atoms with van der Waals surface area (Å²) in [5, 5.41) is 11.4. The summed E-state index contributed by atoms with van der Waals surface area (Å²) in [6.07, 6.45) is 2.39. The first-order chi connectivity index (χ1) is 14.1. The van der Waals surface area contributed by atoms with Crippen molar-refractivity contribution < 1.29 is 0 Å². The Morgan fingerprint density at radius 2 is 2.00 bits per heavy atom. The van der Waals surface area contributed by atoms with E-state index in [1.165, 1.54) is 36.3 Å². The molecule has 1 atom stereocenters. The van der Waals surface area contributed by atoms with E-state index in [0.29, 0.717) is 12.5 Å². The number of hydrogen-bond donors (Lipinski definition) is 2. The molecule has 1 unspecified atom stereocenters. The molecule has 2 aromatic rings. The van der Waals surface area contributed by atoms with Crippen molar-refractivity contribution in [3.8, 4) is 0 Å². The molecule has 1 aromatic carbocycles. The van der Waals surface area contributed by atoms with Crippen LogP contribution in [0.4, 0.5) is 0 Å². The topological polar surface area (TPSA) is 57.5 Å². The molecular formula is C23H36N6. The molecule has 29 heavy (non-hydrogen) atoms. The van der Waals surface area contributed by atoms with E-state index in [1.54, 1.807) is 0 Å². The molecule has 6 heteroatoms. The number of aryl methyl sites for hydroxylation is 2. The van der Waals surface area contributed by atoms with Crippen LogP contribution in [0.1, 0.15) is 35.9 Å². The zero-order valence-electron chi connectivity index (χ0n) is 18.4. The molecule has 1 saturated heterocycles. The van der Waals surface area contributed by atoms with Crippen LogP contribution in [0.5, 0.6) is 0 Å². The van der Waals surface area contributed by atoms with E-state index in [0.717, 1.165) is 37.7 Å². The summed E-state index contributed by atoms with van der Waals surface area (Å²) in [5.41, 5.74) is 4.90. The molecule has 0 spiro atoms. The van der Waals surface area contributed by atoms with E-state index in [9.17, 15) is 0 Å². The van der Waals surface area contributed by atoms with Crippen LogP contribution in [0.2, 0.25) is 0 Å². The first-order valence-electron chi connectivity index (χ1n) is 10.8. The Hall–Kier alpha value is -2.34. The van der Waals surface area contributed by atoms with Crippen molar-refractivity contribution in [1.82, 2.24) is 25.3 Å². The van der Waals surface area contributed by atoms with Gasteiger partial charge in [0.25, 0.3) is 0 Å². The van der Waals surface area contributed by atoms with Gasteiger partial charge >= 0.3 is 0 Å². The minimum Gasteiger partial charge on any atom is -0.357 e. The van der Waals surface area contributed by atoms with Crippen LogP contribution < -0.4 is 10.6 Å². The predicted octanol–water partition coefficient (Wildman–Crippen LogP) is 2.66. The van der Waals surface area contributed by atoms with Gasteiger partial charge in [0.05, 0.1) is 12.2 Å². The van der Waals surface area contributed by atoms with Gasteiger partial charge in [-0.2, -0.15) is 5.10 Å². The molecule has 0 amide bonds. The second-order valence-corrected chi connectivity index (χ2v) is 8.04. The van der Waals surface area contributed by atoms with E-state index < -0.39 is 0 Å². The molecule has 2 N–H and O–H groups in total. The standard InChI is InChI=1S/C23H36N6/c1-5-24-23(26-16-22-18(2)27-28(4)19(22)3)25-15-21-12-14-29(17-21)13-11-20-9-7-6-8-10-20/h6-10,21H,5,11-17H2,1-4H3,(H2,24,25,26). The second-order valence-electron chi connectivity index (χ2n) is 8.04. The summed E-state index contributed by atoms with van der Waals surface area (Å²) in [6.45, 7) is 12.3. The number of aromatic nitrogens is 2. The van der Waals surface area contributed by atoms with Crippen LogP contribution in [-0.4, -0.2) is 53.4 Å². The van der Waals surface area contributed by atoms with Gasteiger partial charge in [-0.05, 0) is 51.6 Å². The van der Waals surface area contributed by atoms with Crippen LogP contribution in [0.3, 0.4) is 0 Å². The molecule has 0 bridgehead atoms. The van der Waals surface area contributed by atoms with Gasteiger partial charge in [-0.1, -0.05) is 30.3 Å². The average Bonchev–Trinajstić information content (AvgIpc) is 3.28. The van der Waals surface area contributed by atoms with Gasteiger partial charge in [-0.25, -0.2) is 4.99 Å². The Morgan fingerprint density at radius 3 is 2.69 bits per heavy atom. The Morgan fingerprint density at radius 1 is 1.21 bits per heavy atom. The third-order valence-electron chi connectivity index (χ3n) is 5.89. The maximum atomic E-state index is 4.80. The van der Waals surface area contributed by atoms with Gasteiger partial charge in [-0.3, -0.25) is 4.68 Å². The summed E-state index contributed by atoms with van der Waals surface area (Å²) in [4.78, 5) is 7.39. The highest BCUT2D eigenvalue weighted by Gasteiger charge is 2.22. The van der Waals surface area contributed by atoms with E-state index in [2.05, 4.69) is 71.7 Å². The van der Waals surface area contributed by atoms with Gasteiger partial charge in [0.2, 0.25) is 0 Å². The third-order valence-corrected chi connectivity index (χ3v) is 5.89. The molecular weight excluding hydrogens is 360 g/mol. The number of guanidine groups is 1. The van der Waals surface area contributed by atoms with Crippen LogP contribution in [-0.2, 0) is 20.0 Å². The van der Waals surface area contributed by atoms with Gasteiger partial charge in [0.15, 0.2) is 5.96 Å². The fourth-order valence-electron chi connectivity index (χ4n) is 4.00. The van der Waals surface area contributed by atoms with Crippen LogP contribution in [0, 0.1) is 19.8 Å². The molecule has 1 aromatic heterocycles. The van der Waals surface area contributed by atoms with Crippen molar-refractivity contribution in [2.45, 2.75) is 40.2 Å². The lowest BCUT2D eigenvalue weighted by molar-refractivity contribution is 0.328. The quantitative estimate of drug-likeness (QED) is 0.532. The zero-order chi connectivity index (χ0) is 20.6. The lowest BCUT2D eigenvalue weighted by Crippen LogP contribution is -2.40. The number of nitrogens with zero attached hydrogens (tertiary/aromatic N) is 4. The number of benzene rings is 1. The summed E-state index contributed by atoms with van der Waals surface area (Å²) in [6, 6.07) is 10.8. The fraction of sp³-hybridized carbons (Fsp3) is 0.565. The molecule has 1 aliphatic rings. The van der Waals surface area contributed by atoms with E-state index in [1.807, 2.05) is 11.7 Å². The Labute approximate surface area is 175 Å². The van der Waals surface area contributed by atoms with Crippen molar-refractivity contribution in [1.29, 1.82) is 0 Å². The SMILES string of the molecule is CCNC(=NCc1c(C)nn(C)c1C)NCC1CCN(CCc2ccccc2)C1. The maximum Gasteiger partial charge on any atom is 0.191 e. The summed E-state index contributed by atoms with van der Waals surface area (Å²) < 4.78 is 1.93. The molecule has 0 radical (unpaired) electrons. The van der Waals surface area contributed by atoms with Gasteiger partial charge in [0, 0.05) is 44.5 Å². The van der Waals surface area contributed by atoms with Crippen LogP contribution in [0.25, 0.3) is 0 Å². The predicted molar refractivity (Wildman–Crippen MR) is 120 cm³/mol. The highest BCUT2D eigenvalue weighted by atomic mass is 15.3. The zero-order valence-corrected chi connectivity index (χ0v) is 18.4. The molecule has 1 aliphatic heterocycles. The minimum absolute atomic E-state index is 0.661. The maximum absolute atomic E-state index is 4.80. The number of aliphatic imine (C=N–C) groups is 1. The monoisotopic (exact) mass is 396 g/mol. The van der Waals surface area contributed by atoms with Crippen molar-refractivity contribution in [2.75, 3.05) is 32.7 Å². The van der Waals surface area contributed by atoms with Crippen molar-refractivity contribution in [3.63, 3.8) is 0 Å². The van der Waals surface area contributed by atoms with E-state index in [-0.39, 0.29) is 0 Å².